The van der Waals surface area contributed by atoms with E-state index in [0.717, 1.165) is 11.3 Å². The van der Waals surface area contributed by atoms with E-state index in [1.54, 1.807) is 18.2 Å². The van der Waals surface area contributed by atoms with Crippen LogP contribution in [0.1, 0.15) is 12.5 Å². The summed E-state index contributed by atoms with van der Waals surface area (Å²) >= 11 is 0. The number of amides is 2. The second kappa shape index (κ2) is 7.09. The number of benzene rings is 2. The first kappa shape index (κ1) is 16.6. The molecule has 2 amide bonds. The van der Waals surface area contributed by atoms with Crippen molar-refractivity contribution in [1.82, 2.24) is 0 Å². The van der Waals surface area contributed by atoms with E-state index in [4.69, 9.17) is 9.47 Å². The van der Waals surface area contributed by atoms with Crippen LogP contribution in [0, 0.1) is 0 Å². The summed E-state index contributed by atoms with van der Waals surface area (Å²) in [5.41, 5.74) is 2.43. The number of carbonyl (C=O) groups is 2. The van der Waals surface area contributed by atoms with Gasteiger partial charge in [-0.2, -0.15) is 0 Å². The minimum Gasteiger partial charge on any atom is -0.495 e. The molecular formula is C19H18N2O4. The number of ether oxygens (including phenoxy) is 2. The van der Waals surface area contributed by atoms with E-state index in [1.165, 1.54) is 14.0 Å². The van der Waals surface area contributed by atoms with Gasteiger partial charge in [-0.3, -0.25) is 9.59 Å². The maximum Gasteiger partial charge on any atom is 0.255 e. The van der Waals surface area contributed by atoms with Crippen LogP contribution < -0.4 is 20.1 Å². The molecule has 0 saturated carbocycles. The Labute approximate surface area is 145 Å². The average Bonchev–Trinajstić information content (AvgIpc) is 2.61. The summed E-state index contributed by atoms with van der Waals surface area (Å²) in [5.74, 6) is 0.800. The number of para-hydroxylation sites is 1. The van der Waals surface area contributed by atoms with Crippen molar-refractivity contribution in [3.05, 3.63) is 53.6 Å². The van der Waals surface area contributed by atoms with Gasteiger partial charge in [-0.05, 0) is 30.3 Å². The highest BCUT2D eigenvalue weighted by molar-refractivity contribution is 6.08. The van der Waals surface area contributed by atoms with Crippen molar-refractivity contribution in [3.63, 3.8) is 0 Å². The number of fused-ring (bicyclic) bond motifs is 1. The quantitative estimate of drug-likeness (QED) is 0.898. The molecule has 6 nitrogen and oxygen atoms in total. The van der Waals surface area contributed by atoms with Crippen molar-refractivity contribution in [2.75, 3.05) is 24.4 Å². The van der Waals surface area contributed by atoms with Crippen molar-refractivity contribution >= 4 is 29.3 Å². The first-order chi connectivity index (χ1) is 12.1. The molecule has 0 atom stereocenters. The zero-order valence-corrected chi connectivity index (χ0v) is 14.0. The summed E-state index contributed by atoms with van der Waals surface area (Å²) in [7, 11) is 1.51. The number of nitrogens with one attached hydrogen (secondary N) is 2. The van der Waals surface area contributed by atoms with Gasteiger partial charge >= 0.3 is 0 Å². The number of rotatable bonds is 4. The molecule has 0 saturated heterocycles. The molecule has 1 aliphatic rings. The topological polar surface area (TPSA) is 76.7 Å². The second-order valence-electron chi connectivity index (χ2n) is 5.55. The second-order valence-corrected chi connectivity index (χ2v) is 5.55. The van der Waals surface area contributed by atoms with Crippen LogP contribution in [0.15, 0.2) is 48.0 Å². The molecular weight excluding hydrogens is 320 g/mol. The first-order valence-corrected chi connectivity index (χ1v) is 7.76. The maximum atomic E-state index is 12.5. The van der Waals surface area contributed by atoms with Gasteiger partial charge in [0.2, 0.25) is 5.91 Å². The lowest BCUT2D eigenvalue weighted by atomic mass is 10.1. The molecule has 0 aliphatic carbocycles. The fraction of sp³-hybridized carbons (Fsp3) is 0.158. The highest BCUT2D eigenvalue weighted by atomic mass is 16.5. The van der Waals surface area contributed by atoms with E-state index in [-0.39, 0.29) is 18.4 Å². The third-order valence-corrected chi connectivity index (χ3v) is 3.69. The molecule has 3 rings (SSSR count). The van der Waals surface area contributed by atoms with E-state index in [2.05, 4.69) is 10.6 Å². The van der Waals surface area contributed by atoms with Gasteiger partial charge in [-0.25, -0.2) is 0 Å². The minimum absolute atomic E-state index is 0.206. The Morgan fingerprint density at radius 3 is 2.68 bits per heavy atom. The van der Waals surface area contributed by atoms with E-state index >= 15 is 0 Å². The Hall–Kier alpha value is -3.28. The third kappa shape index (κ3) is 3.80. The van der Waals surface area contributed by atoms with Crippen LogP contribution in [0.3, 0.4) is 0 Å². The first-order valence-electron chi connectivity index (χ1n) is 7.76. The van der Waals surface area contributed by atoms with Crippen molar-refractivity contribution in [2.24, 2.45) is 0 Å². The van der Waals surface area contributed by atoms with Crippen LogP contribution in [-0.2, 0) is 9.59 Å². The molecule has 2 aromatic rings. The predicted octanol–water partition coefficient (Wildman–Crippen LogP) is 3.07. The van der Waals surface area contributed by atoms with Crippen LogP contribution in [-0.4, -0.2) is 25.5 Å². The summed E-state index contributed by atoms with van der Waals surface area (Å²) in [5, 5.41) is 5.49. The van der Waals surface area contributed by atoms with Gasteiger partial charge in [-0.15, -0.1) is 0 Å². The van der Waals surface area contributed by atoms with Gasteiger partial charge in [0, 0.05) is 18.2 Å². The third-order valence-electron chi connectivity index (χ3n) is 3.69. The van der Waals surface area contributed by atoms with E-state index < -0.39 is 0 Å². The summed E-state index contributed by atoms with van der Waals surface area (Å²) < 4.78 is 10.8. The molecule has 1 aliphatic heterocycles. The molecule has 0 aromatic heterocycles. The monoisotopic (exact) mass is 338 g/mol. The van der Waals surface area contributed by atoms with Crippen molar-refractivity contribution in [1.29, 1.82) is 0 Å². The maximum absolute atomic E-state index is 12.5. The molecule has 128 valence electrons. The lowest BCUT2D eigenvalue weighted by Crippen LogP contribution is -2.21. The number of methoxy groups -OCH3 is 1. The Morgan fingerprint density at radius 1 is 1.12 bits per heavy atom. The fourth-order valence-corrected chi connectivity index (χ4v) is 2.53. The van der Waals surface area contributed by atoms with Crippen LogP contribution in [0.25, 0.3) is 6.08 Å². The van der Waals surface area contributed by atoms with Gasteiger partial charge in [0.1, 0.15) is 18.1 Å². The van der Waals surface area contributed by atoms with Crippen molar-refractivity contribution in [3.8, 4) is 11.5 Å². The van der Waals surface area contributed by atoms with E-state index in [0.29, 0.717) is 22.7 Å². The van der Waals surface area contributed by atoms with Crippen LogP contribution in [0.5, 0.6) is 11.5 Å². The highest BCUT2D eigenvalue weighted by Gasteiger charge is 2.17. The molecule has 6 heteroatoms. The molecule has 0 bridgehead atoms. The standard InChI is InChI=1S/C19H18N2O4/c1-12(22)20-16-10-15(7-8-18(16)24-2)21-19(23)14-9-13-5-3-4-6-17(13)25-11-14/h3-10H,11H2,1-2H3,(H,20,22)(H,21,23). The van der Waals surface area contributed by atoms with Gasteiger partial charge < -0.3 is 20.1 Å². The van der Waals surface area contributed by atoms with Crippen molar-refractivity contribution in [2.45, 2.75) is 6.92 Å². The molecule has 0 unspecified atom stereocenters. The van der Waals surface area contributed by atoms with Crippen LogP contribution in [0.4, 0.5) is 11.4 Å². The SMILES string of the molecule is COc1ccc(NC(=O)C2=Cc3ccccc3OC2)cc1NC(C)=O. The number of anilines is 2. The Kier molecular flexibility index (Phi) is 4.70. The molecule has 2 aromatic carbocycles. The van der Waals surface area contributed by atoms with Gasteiger partial charge in [0.15, 0.2) is 0 Å². The summed E-state index contributed by atoms with van der Waals surface area (Å²) in [6, 6.07) is 12.6. The van der Waals surface area contributed by atoms with Crippen molar-refractivity contribution < 1.29 is 19.1 Å². The Morgan fingerprint density at radius 2 is 1.92 bits per heavy atom. The Bertz CT molecular complexity index is 858. The number of hydrogen-bond acceptors (Lipinski definition) is 4. The molecule has 0 radical (unpaired) electrons. The predicted molar refractivity (Wildman–Crippen MR) is 95.8 cm³/mol. The summed E-state index contributed by atoms with van der Waals surface area (Å²) in [4.78, 5) is 23.8. The largest absolute Gasteiger partial charge is 0.495 e. The molecule has 1 heterocycles. The molecule has 0 spiro atoms. The molecule has 25 heavy (non-hydrogen) atoms. The molecule has 2 N–H and O–H groups in total. The number of hydrogen-bond donors (Lipinski definition) is 2. The summed E-state index contributed by atoms with van der Waals surface area (Å²) in [6.07, 6.45) is 1.81. The van der Waals surface area contributed by atoms with Gasteiger partial charge in [0.25, 0.3) is 5.91 Å². The van der Waals surface area contributed by atoms with E-state index in [1.807, 2.05) is 30.3 Å². The lowest BCUT2D eigenvalue weighted by molar-refractivity contribution is -0.114. The average molecular weight is 338 g/mol. The minimum atomic E-state index is -0.256. The highest BCUT2D eigenvalue weighted by Crippen LogP contribution is 2.29. The molecule has 0 fully saturated rings. The van der Waals surface area contributed by atoms with Gasteiger partial charge in [0.05, 0.1) is 18.4 Å². The smallest absolute Gasteiger partial charge is 0.255 e. The fourth-order valence-electron chi connectivity index (χ4n) is 2.53. The Balaban J connectivity index is 1.79. The van der Waals surface area contributed by atoms with E-state index in [9.17, 15) is 9.59 Å². The zero-order valence-electron chi connectivity index (χ0n) is 14.0. The zero-order chi connectivity index (χ0) is 17.8. The number of carbonyl (C=O) groups excluding carboxylic acids is 2. The normalized spacial score (nSPS) is 12.3. The van der Waals surface area contributed by atoms with Gasteiger partial charge in [-0.1, -0.05) is 18.2 Å². The van der Waals surface area contributed by atoms with Crippen LogP contribution in [0.2, 0.25) is 0 Å². The lowest BCUT2D eigenvalue weighted by Gasteiger charge is -2.18. The van der Waals surface area contributed by atoms with Crippen LogP contribution >= 0.6 is 0 Å². The summed E-state index contributed by atoms with van der Waals surface area (Å²) in [6.45, 7) is 1.61.